The van der Waals surface area contributed by atoms with E-state index in [1.807, 2.05) is 6.08 Å². The molecule has 1 aromatic rings. The molecule has 1 heteroatoms. The Labute approximate surface area is 74.3 Å². The van der Waals surface area contributed by atoms with E-state index in [-0.39, 0.29) is 0 Å². The van der Waals surface area contributed by atoms with Gasteiger partial charge in [0.25, 0.3) is 0 Å². The highest BCUT2D eigenvalue weighted by Gasteiger charge is 1.99. The van der Waals surface area contributed by atoms with Crippen LogP contribution < -0.4 is 4.90 Å². The number of anilines is 1. The minimum absolute atomic E-state index is 0.894. The van der Waals surface area contributed by atoms with Crippen LogP contribution in [0, 0.1) is 6.92 Å². The van der Waals surface area contributed by atoms with E-state index in [2.05, 4.69) is 49.7 Å². The van der Waals surface area contributed by atoms with E-state index in [0.717, 1.165) is 6.54 Å². The molecule has 0 aliphatic heterocycles. The molecule has 0 N–H and O–H groups in total. The Morgan fingerprint density at radius 2 is 2.08 bits per heavy atom. The molecular weight excluding hydrogens is 146 g/mol. The first kappa shape index (κ1) is 8.85. The van der Waals surface area contributed by atoms with Gasteiger partial charge < -0.3 is 4.90 Å². The lowest BCUT2D eigenvalue weighted by Crippen LogP contribution is -2.17. The van der Waals surface area contributed by atoms with Crippen molar-refractivity contribution < 1.29 is 0 Å². The van der Waals surface area contributed by atoms with Crippen molar-refractivity contribution in [3.8, 4) is 0 Å². The van der Waals surface area contributed by atoms with E-state index >= 15 is 0 Å². The summed E-state index contributed by atoms with van der Waals surface area (Å²) in [5.41, 5.74) is 2.58. The molecule has 1 nitrogen and oxygen atoms in total. The highest BCUT2D eigenvalue weighted by molar-refractivity contribution is 5.52. The normalized spacial score (nSPS) is 9.50. The van der Waals surface area contributed by atoms with Crippen molar-refractivity contribution in [3.63, 3.8) is 0 Å². The molecule has 0 aromatic heterocycles. The summed E-state index contributed by atoms with van der Waals surface area (Å²) in [6.45, 7) is 6.73. The van der Waals surface area contributed by atoms with Gasteiger partial charge >= 0.3 is 0 Å². The second-order valence-electron chi connectivity index (χ2n) is 2.96. The number of hydrogen-bond acceptors (Lipinski definition) is 1. The van der Waals surface area contributed by atoms with E-state index in [1.165, 1.54) is 11.3 Å². The average molecular weight is 161 g/mol. The number of rotatable bonds is 3. The lowest BCUT2D eigenvalue weighted by molar-refractivity contribution is 1.02. The van der Waals surface area contributed by atoms with Gasteiger partial charge in [-0.3, -0.25) is 0 Å². The van der Waals surface area contributed by atoms with E-state index < -0.39 is 0 Å². The minimum Gasteiger partial charge on any atom is -0.371 e. The first-order valence-corrected chi connectivity index (χ1v) is 4.13. The molecule has 0 radical (unpaired) electrons. The summed E-state index contributed by atoms with van der Waals surface area (Å²) in [5.74, 6) is 0. The predicted molar refractivity (Wildman–Crippen MR) is 54.6 cm³/mol. The standard InChI is InChI=1S/C11H15N/c1-4-9-12(3)11-8-6-5-7-10(11)2/h4-8H,1,9H2,2-3H3. The molecule has 0 bridgehead atoms. The number of benzene rings is 1. The molecule has 12 heavy (non-hydrogen) atoms. The molecule has 0 unspecified atom stereocenters. The van der Waals surface area contributed by atoms with Crippen molar-refractivity contribution in [1.82, 2.24) is 0 Å². The largest absolute Gasteiger partial charge is 0.371 e. The van der Waals surface area contributed by atoms with E-state index in [0.29, 0.717) is 0 Å². The second kappa shape index (κ2) is 3.96. The van der Waals surface area contributed by atoms with Crippen LogP contribution in [0.4, 0.5) is 5.69 Å². The molecular formula is C11H15N. The maximum Gasteiger partial charge on any atom is 0.0396 e. The fourth-order valence-corrected chi connectivity index (χ4v) is 1.28. The first-order chi connectivity index (χ1) is 5.75. The SMILES string of the molecule is C=CCN(C)c1ccccc1C. The van der Waals surface area contributed by atoms with Crippen LogP contribution in [-0.2, 0) is 0 Å². The van der Waals surface area contributed by atoms with E-state index in [1.54, 1.807) is 0 Å². The Bertz CT molecular complexity index is 265. The smallest absolute Gasteiger partial charge is 0.0396 e. The van der Waals surface area contributed by atoms with Crippen molar-refractivity contribution in [3.05, 3.63) is 42.5 Å². The Morgan fingerprint density at radius 1 is 1.42 bits per heavy atom. The van der Waals surface area contributed by atoms with Gasteiger partial charge in [-0.25, -0.2) is 0 Å². The maximum atomic E-state index is 3.71. The molecule has 1 aromatic carbocycles. The molecule has 0 fully saturated rings. The van der Waals surface area contributed by atoms with Gasteiger partial charge in [0.1, 0.15) is 0 Å². The van der Waals surface area contributed by atoms with Crippen molar-refractivity contribution >= 4 is 5.69 Å². The Hall–Kier alpha value is -1.24. The second-order valence-corrected chi connectivity index (χ2v) is 2.96. The van der Waals surface area contributed by atoms with Gasteiger partial charge in [0.05, 0.1) is 0 Å². The van der Waals surface area contributed by atoms with Crippen LogP contribution in [0.3, 0.4) is 0 Å². The molecule has 0 atom stereocenters. The summed E-state index contributed by atoms with van der Waals surface area (Å²) in [5, 5.41) is 0. The van der Waals surface area contributed by atoms with Crippen molar-refractivity contribution in [2.75, 3.05) is 18.5 Å². The predicted octanol–water partition coefficient (Wildman–Crippen LogP) is 2.62. The third-order valence-electron chi connectivity index (χ3n) is 1.93. The summed E-state index contributed by atoms with van der Waals surface area (Å²) >= 11 is 0. The highest BCUT2D eigenvalue weighted by atomic mass is 15.1. The van der Waals surface area contributed by atoms with Crippen LogP contribution in [0.2, 0.25) is 0 Å². The van der Waals surface area contributed by atoms with Crippen LogP contribution in [0.15, 0.2) is 36.9 Å². The monoisotopic (exact) mass is 161 g/mol. The van der Waals surface area contributed by atoms with Crippen molar-refractivity contribution in [1.29, 1.82) is 0 Å². The topological polar surface area (TPSA) is 3.24 Å². The maximum absolute atomic E-state index is 3.71. The van der Waals surface area contributed by atoms with Gasteiger partial charge in [0.2, 0.25) is 0 Å². The van der Waals surface area contributed by atoms with Crippen LogP contribution in [0.5, 0.6) is 0 Å². The molecule has 64 valence electrons. The van der Waals surface area contributed by atoms with Crippen LogP contribution in [0.25, 0.3) is 0 Å². The zero-order valence-electron chi connectivity index (χ0n) is 7.75. The zero-order chi connectivity index (χ0) is 8.97. The third kappa shape index (κ3) is 1.88. The summed E-state index contributed by atoms with van der Waals surface area (Å²) in [4.78, 5) is 2.18. The summed E-state index contributed by atoms with van der Waals surface area (Å²) in [6.07, 6.45) is 1.91. The van der Waals surface area contributed by atoms with Gasteiger partial charge in [0, 0.05) is 19.3 Å². The highest BCUT2D eigenvalue weighted by Crippen LogP contribution is 2.16. The third-order valence-corrected chi connectivity index (χ3v) is 1.93. The number of nitrogens with zero attached hydrogens (tertiary/aromatic N) is 1. The molecule has 0 amide bonds. The van der Waals surface area contributed by atoms with Gasteiger partial charge in [-0.05, 0) is 18.6 Å². The molecule has 0 aliphatic carbocycles. The van der Waals surface area contributed by atoms with Crippen molar-refractivity contribution in [2.45, 2.75) is 6.92 Å². The van der Waals surface area contributed by atoms with Gasteiger partial charge in [-0.1, -0.05) is 24.3 Å². The molecule has 0 spiro atoms. The minimum atomic E-state index is 0.894. The number of hydrogen-bond donors (Lipinski definition) is 0. The molecule has 0 aliphatic rings. The Morgan fingerprint density at radius 3 is 2.67 bits per heavy atom. The van der Waals surface area contributed by atoms with Gasteiger partial charge in [-0.2, -0.15) is 0 Å². The van der Waals surface area contributed by atoms with Gasteiger partial charge in [-0.15, -0.1) is 6.58 Å². The fourth-order valence-electron chi connectivity index (χ4n) is 1.28. The summed E-state index contributed by atoms with van der Waals surface area (Å²) in [6, 6.07) is 8.36. The lowest BCUT2D eigenvalue weighted by atomic mass is 10.2. The van der Waals surface area contributed by atoms with E-state index in [4.69, 9.17) is 0 Å². The molecule has 0 saturated heterocycles. The zero-order valence-corrected chi connectivity index (χ0v) is 7.75. The molecule has 1 rings (SSSR count). The number of likely N-dealkylation sites (N-methyl/N-ethyl adjacent to an activating group) is 1. The molecule has 0 heterocycles. The van der Waals surface area contributed by atoms with Gasteiger partial charge in [0.15, 0.2) is 0 Å². The average Bonchev–Trinajstić information content (AvgIpc) is 2.05. The molecule has 0 saturated carbocycles. The van der Waals surface area contributed by atoms with Crippen molar-refractivity contribution in [2.24, 2.45) is 0 Å². The number of aryl methyl sites for hydroxylation is 1. The van der Waals surface area contributed by atoms with Crippen LogP contribution >= 0.6 is 0 Å². The summed E-state index contributed by atoms with van der Waals surface area (Å²) < 4.78 is 0. The number of para-hydroxylation sites is 1. The Kier molecular flexibility index (Phi) is 2.92. The quantitative estimate of drug-likeness (QED) is 0.616. The summed E-state index contributed by atoms with van der Waals surface area (Å²) in [7, 11) is 2.07. The van der Waals surface area contributed by atoms with E-state index in [9.17, 15) is 0 Å². The fraction of sp³-hybridized carbons (Fsp3) is 0.273. The Balaban J connectivity index is 2.86. The lowest BCUT2D eigenvalue weighted by Gasteiger charge is -2.19. The van der Waals surface area contributed by atoms with Crippen LogP contribution in [-0.4, -0.2) is 13.6 Å². The van der Waals surface area contributed by atoms with Crippen LogP contribution in [0.1, 0.15) is 5.56 Å². The first-order valence-electron chi connectivity index (χ1n) is 4.13.